The van der Waals surface area contributed by atoms with Gasteiger partial charge in [-0.25, -0.2) is 9.50 Å². The highest BCUT2D eigenvalue weighted by molar-refractivity contribution is 5.95. The SMILES string of the molecule is CN(CCCC1CCCO1)C(=O)c1cccc(-c2cnc3ncnn3c2)c1. The van der Waals surface area contributed by atoms with Crippen LogP contribution in [-0.2, 0) is 4.74 Å². The molecule has 0 spiro atoms. The summed E-state index contributed by atoms with van der Waals surface area (Å²) in [5.74, 6) is 0.580. The van der Waals surface area contributed by atoms with Crippen molar-refractivity contribution in [3.8, 4) is 11.1 Å². The molecule has 3 aromatic rings. The van der Waals surface area contributed by atoms with Crippen molar-refractivity contribution in [1.29, 1.82) is 0 Å². The first kappa shape index (κ1) is 17.6. The Bertz CT molecular complexity index is 933. The Labute approximate surface area is 158 Å². The van der Waals surface area contributed by atoms with Gasteiger partial charge >= 0.3 is 0 Å². The van der Waals surface area contributed by atoms with Crippen molar-refractivity contribution in [1.82, 2.24) is 24.5 Å². The monoisotopic (exact) mass is 365 g/mol. The summed E-state index contributed by atoms with van der Waals surface area (Å²) in [7, 11) is 1.85. The summed E-state index contributed by atoms with van der Waals surface area (Å²) in [6.45, 7) is 1.61. The Morgan fingerprint density at radius 2 is 2.26 bits per heavy atom. The number of nitrogens with zero attached hydrogens (tertiary/aromatic N) is 5. The lowest BCUT2D eigenvalue weighted by atomic mass is 10.0. The van der Waals surface area contributed by atoms with Crippen LogP contribution in [0.4, 0.5) is 0 Å². The molecule has 2 aromatic heterocycles. The molecule has 0 aliphatic carbocycles. The molecule has 0 bridgehead atoms. The minimum Gasteiger partial charge on any atom is -0.378 e. The third kappa shape index (κ3) is 3.98. The fourth-order valence-corrected chi connectivity index (χ4v) is 3.45. The van der Waals surface area contributed by atoms with Crippen molar-refractivity contribution in [3.63, 3.8) is 0 Å². The van der Waals surface area contributed by atoms with Crippen molar-refractivity contribution in [2.45, 2.75) is 31.8 Å². The molecule has 7 heteroatoms. The number of fused-ring (bicyclic) bond motifs is 1. The van der Waals surface area contributed by atoms with Crippen LogP contribution < -0.4 is 0 Å². The normalized spacial score (nSPS) is 16.7. The van der Waals surface area contributed by atoms with Gasteiger partial charge in [-0.05, 0) is 43.4 Å². The molecule has 1 amide bonds. The quantitative estimate of drug-likeness (QED) is 0.672. The molecule has 1 fully saturated rings. The number of carbonyl (C=O) groups is 1. The summed E-state index contributed by atoms with van der Waals surface area (Å²) < 4.78 is 7.27. The summed E-state index contributed by atoms with van der Waals surface area (Å²) in [5, 5.41) is 4.11. The van der Waals surface area contributed by atoms with E-state index in [-0.39, 0.29) is 5.91 Å². The Balaban J connectivity index is 1.43. The highest BCUT2D eigenvalue weighted by Gasteiger charge is 2.17. The molecule has 0 saturated carbocycles. The zero-order valence-corrected chi connectivity index (χ0v) is 15.4. The summed E-state index contributed by atoms with van der Waals surface area (Å²) in [4.78, 5) is 22.9. The summed E-state index contributed by atoms with van der Waals surface area (Å²) in [6.07, 6.45) is 9.73. The maximum Gasteiger partial charge on any atom is 0.253 e. The average Bonchev–Trinajstić information content (AvgIpc) is 3.38. The van der Waals surface area contributed by atoms with Gasteiger partial charge in [0.15, 0.2) is 0 Å². The lowest BCUT2D eigenvalue weighted by Gasteiger charge is -2.18. The summed E-state index contributed by atoms with van der Waals surface area (Å²) in [5.41, 5.74) is 2.49. The Morgan fingerprint density at radius 1 is 1.33 bits per heavy atom. The van der Waals surface area contributed by atoms with E-state index in [2.05, 4.69) is 15.1 Å². The first-order valence-corrected chi connectivity index (χ1v) is 9.33. The second-order valence-electron chi connectivity index (χ2n) is 6.93. The Hall–Kier alpha value is -2.80. The van der Waals surface area contributed by atoms with Gasteiger partial charge in [0.05, 0.1) is 6.10 Å². The molecule has 0 N–H and O–H groups in total. The van der Waals surface area contributed by atoms with Crippen LogP contribution in [0.5, 0.6) is 0 Å². The van der Waals surface area contributed by atoms with Crippen LogP contribution in [-0.4, -0.2) is 56.7 Å². The van der Waals surface area contributed by atoms with E-state index in [1.807, 2.05) is 37.5 Å². The second-order valence-corrected chi connectivity index (χ2v) is 6.93. The predicted octanol–water partition coefficient (Wildman–Crippen LogP) is 2.82. The smallest absolute Gasteiger partial charge is 0.253 e. The first-order valence-electron chi connectivity index (χ1n) is 9.33. The van der Waals surface area contributed by atoms with Crippen LogP contribution in [0.1, 0.15) is 36.0 Å². The molecule has 1 aliphatic heterocycles. The van der Waals surface area contributed by atoms with Crippen molar-refractivity contribution in [2.24, 2.45) is 0 Å². The van der Waals surface area contributed by atoms with Crippen molar-refractivity contribution in [3.05, 3.63) is 48.5 Å². The molecule has 140 valence electrons. The third-order valence-electron chi connectivity index (χ3n) is 4.97. The highest BCUT2D eigenvalue weighted by Crippen LogP contribution is 2.21. The van der Waals surface area contributed by atoms with Gasteiger partial charge in [0.1, 0.15) is 6.33 Å². The van der Waals surface area contributed by atoms with Gasteiger partial charge in [0.25, 0.3) is 11.7 Å². The molecular weight excluding hydrogens is 342 g/mol. The maximum absolute atomic E-state index is 12.8. The summed E-state index contributed by atoms with van der Waals surface area (Å²) >= 11 is 0. The van der Waals surface area contributed by atoms with E-state index in [4.69, 9.17) is 4.74 Å². The average molecular weight is 365 g/mol. The summed E-state index contributed by atoms with van der Waals surface area (Å²) in [6, 6.07) is 7.62. The largest absolute Gasteiger partial charge is 0.378 e. The fraction of sp³-hybridized carbons (Fsp3) is 0.400. The molecule has 1 atom stereocenters. The molecule has 1 aliphatic rings. The predicted molar refractivity (Wildman–Crippen MR) is 101 cm³/mol. The van der Waals surface area contributed by atoms with E-state index in [1.54, 1.807) is 15.6 Å². The van der Waals surface area contributed by atoms with Gasteiger partial charge in [-0.15, -0.1) is 0 Å². The van der Waals surface area contributed by atoms with Gasteiger partial charge in [0.2, 0.25) is 0 Å². The van der Waals surface area contributed by atoms with Crippen molar-refractivity contribution >= 4 is 11.7 Å². The van der Waals surface area contributed by atoms with Crippen LogP contribution >= 0.6 is 0 Å². The van der Waals surface area contributed by atoms with Gasteiger partial charge in [-0.3, -0.25) is 4.79 Å². The molecule has 27 heavy (non-hydrogen) atoms. The minimum absolute atomic E-state index is 0.0268. The Morgan fingerprint density at radius 3 is 3.11 bits per heavy atom. The number of amides is 1. The topological polar surface area (TPSA) is 72.6 Å². The maximum atomic E-state index is 12.8. The minimum atomic E-state index is 0.0268. The van der Waals surface area contributed by atoms with Gasteiger partial charge in [0, 0.05) is 43.7 Å². The van der Waals surface area contributed by atoms with Crippen LogP contribution in [0.2, 0.25) is 0 Å². The van der Waals surface area contributed by atoms with Gasteiger partial charge in [-0.2, -0.15) is 10.1 Å². The van der Waals surface area contributed by atoms with Crippen LogP contribution in [0.25, 0.3) is 16.9 Å². The first-order chi connectivity index (χ1) is 13.2. The molecule has 7 nitrogen and oxygen atoms in total. The van der Waals surface area contributed by atoms with E-state index < -0.39 is 0 Å². The highest BCUT2D eigenvalue weighted by atomic mass is 16.5. The van der Waals surface area contributed by atoms with Crippen LogP contribution in [0.15, 0.2) is 43.0 Å². The van der Waals surface area contributed by atoms with Gasteiger partial charge < -0.3 is 9.64 Å². The molecule has 1 aromatic carbocycles. The van der Waals surface area contributed by atoms with E-state index in [0.717, 1.165) is 50.0 Å². The van der Waals surface area contributed by atoms with E-state index in [0.29, 0.717) is 17.4 Å². The standard InChI is InChI=1S/C20H23N5O2/c1-24(9-3-7-18-8-4-10-27-18)19(26)16-6-2-5-15(11-16)17-12-21-20-22-14-23-25(20)13-17/h2,5-6,11-14,18H,3-4,7-10H2,1H3. The fourth-order valence-electron chi connectivity index (χ4n) is 3.45. The molecule has 3 heterocycles. The number of hydrogen-bond donors (Lipinski definition) is 0. The van der Waals surface area contributed by atoms with E-state index in [1.165, 1.54) is 6.33 Å². The number of carbonyl (C=O) groups excluding carboxylic acids is 1. The van der Waals surface area contributed by atoms with E-state index in [9.17, 15) is 4.79 Å². The van der Waals surface area contributed by atoms with Crippen molar-refractivity contribution in [2.75, 3.05) is 20.2 Å². The molecule has 1 unspecified atom stereocenters. The molecule has 0 radical (unpaired) electrons. The van der Waals surface area contributed by atoms with Crippen molar-refractivity contribution < 1.29 is 9.53 Å². The lowest BCUT2D eigenvalue weighted by Crippen LogP contribution is -2.28. The van der Waals surface area contributed by atoms with Crippen LogP contribution in [0, 0.1) is 0 Å². The molecule has 4 rings (SSSR count). The third-order valence-corrected chi connectivity index (χ3v) is 4.97. The second kappa shape index (κ2) is 7.84. The lowest BCUT2D eigenvalue weighted by molar-refractivity contribution is 0.0763. The molecule has 1 saturated heterocycles. The number of hydrogen-bond acceptors (Lipinski definition) is 5. The number of aromatic nitrogens is 4. The Kier molecular flexibility index (Phi) is 5.11. The van der Waals surface area contributed by atoms with Gasteiger partial charge in [-0.1, -0.05) is 12.1 Å². The zero-order chi connectivity index (χ0) is 18.6. The van der Waals surface area contributed by atoms with Crippen LogP contribution in [0.3, 0.4) is 0 Å². The number of rotatable bonds is 6. The number of ether oxygens (including phenoxy) is 1. The van der Waals surface area contributed by atoms with E-state index >= 15 is 0 Å². The molecular formula is C20H23N5O2. The number of benzene rings is 1. The zero-order valence-electron chi connectivity index (χ0n) is 15.4.